The number of carbonyl (C=O) groups is 1. The van der Waals surface area contributed by atoms with Crippen LogP contribution in [0, 0.1) is 5.82 Å². The van der Waals surface area contributed by atoms with Gasteiger partial charge in [0.05, 0.1) is 17.1 Å². The number of hydrogen-bond donors (Lipinski definition) is 1. The molecule has 1 atom stereocenters. The molecule has 146 valence electrons. The van der Waals surface area contributed by atoms with Crippen molar-refractivity contribution in [3.05, 3.63) is 70.4 Å². The first-order valence-corrected chi connectivity index (χ1v) is 9.46. The van der Waals surface area contributed by atoms with Crippen LogP contribution < -0.4 is 11.0 Å². The molecule has 0 radical (unpaired) electrons. The highest BCUT2D eigenvalue weighted by Crippen LogP contribution is 2.24. The molecule has 1 amide bonds. The van der Waals surface area contributed by atoms with Crippen LogP contribution in [0.1, 0.15) is 18.0 Å². The molecule has 0 spiro atoms. The highest BCUT2D eigenvalue weighted by Gasteiger charge is 2.28. The van der Waals surface area contributed by atoms with Gasteiger partial charge in [0, 0.05) is 39.6 Å². The van der Waals surface area contributed by atoms with Crippen molar-refractivity contribution < 1.29 is 9.18 Å². The summed E-state index contributed by atoms with van der Waals surface area (Å²) >= 11 is 0. The molecule has 1 aromatic heterocycles. The number of aryl methyl sites for hydroxylation is 2. The van der Waals surface area contributed by atoms with Gasteiger partial charge in [-0.25, -0.2) is 9.18 Å². The molecule has 1 saturated heterocycles. The molecular formula is C21H23FN4O2. The number of hydrogen-bond acceptors (Lipinski definition) is 3. The third-order valence-electron chi connectivity index (χ3n) is 5.40. The number of rotatable bonds is 4. The van der Waals surface area contributed by atoms with Gasteiger partial charge in [-0.15, -0.1) is 0 Å². The molecule has 1 fully saturated rings. The zero-order valence-electron chi connectivity index (χ0n) is 15.8. The summed E-state index contributed by atoms with van der Waals surface area (Å²) in [5, 5.41) is 3.27. The summed E-state index contributed by atoms with van der Waals surface area (Å²) in [5.41, 5.74) is 2.32. The van der Waals surface area contributed by atoms with Crippen molar-refractivity contribution >= 4 is 16.9 Å². The highest BCUT2D eigenvalue weighted by atomic mass is 19.1. The lowest BCUT2D eigenvalue weighted by Gasteiger charge is -2.36. The molecule has 6 nitrogen and oxygen atoms in total. The number of nitrogens with one attached hydrogen (secondary N) is 1. The van der Waals surface area contributed by atoms with Gasteiger partial charge in [0.15, 0.2) is 0 Å². The van der Waals surface area contributed by atoms with Gasteiger partial charge in [-0.1, -0.05) is 24.3 Å². The SMILES string of the molecule is Cn1c(=O)n(CCC(=O)N2CCNCC2c2cccc(F)c2)c2ccccc21. The first-order valence-electron chi connectivity index (χ1n) is 9.46. The predicted octanol–water partition coefficient (Wildman–Crippen LogP) is 2.04. The van der Waals surface area contributed by atoms with Crippen LogP contribution in [0.4, 0.5) is 4.39 Å². The van der Waals surface area contributed by atoms with E-state index in [9.17, 15) is 14.0 Å². The van der Waals surface area contributed by atoms with Crippen molar-refractivity contribution in [2.75, 3.05) is 19.6 Å². The van der Waals surface area contributed by atoms with E-state index in [0.29, 0.717) is 26.2 Å². The van der Waals surface area contributed by atoms with Crippen molar-refractivity contribution in [3.8, 4) is 0 Å². The fourth-order valence-electron chi connectivity index (χ4n) is 3.94. The lowest BCUT2D eigenvalue weighted by Crippen LogP contribution is -2.49. The zero-order chi connectivity index (χ0) is 19.7. The van der Waals surface area contributed by atoms with E-state index < -0.39 is 0 Å². The quantitative estimate of drug-likeness (QED) is 0.751. The number of imidazole rings is 1. The Labute approximate surface area is 162 Å². The Hall–Kier alpha value is -2.93. The minimum absolute atomic E-state index is 0.0319. The minimum Gasteiger partial charge on any atom is -0.333 e. The van der Waals surface area contributed by atoms with Crippen LogP contribution >= 0.6 is 0 Å². The molecule has 4 rings (SSSR count). The molecule has 2 aromatic carbocycles. The van der Waals surface area contributed by atoms with Gasteiger partial charge in [-0.2, -0.15) is 0 Å². The number of amides is 1. The van der Waals surface area contributed by atoms with Gasteiger partial charge in [-0.05, 0) is 29.8 Å². The lowest BCUT2D eigenvalue weighted by molar-refractivity contribution is -0.134. The molecular weight excluding hydrogens is 359 g/mol. The molecule has 1 aliphatic heterocycles. The van der Waals surface area contributed by atoms with Crippen LogP contribution in [0.15, 0.2) is 53.3 Å². The molecule has 1 unspecified atom stereocenters. The summed E-state index contributed by atoms with van der Waals surface area (Å²) < 4.78 is 16.9. The van der Waals surface area contributed by atoms with Gasteiger partial charge >= 0.3 is 5.69 Å². The first kappa shape index (κ1) is 18.4. The maximum absolute atomic E-state index is 13.7. The molecule has 3 aromatic rings. The fourth-order valence-corrected chi connectivity index (χ4v) is 3.94. The molecule has 7 heteroatoms. The van der Waals surface area contributed by atoms with Crippen LogP contribution in [0.2, 0.25) is 0 Å². The number of halogens is 1. The predicted molar refractivity (Wildman–Crippen MR) is 106 cm³/mol. The first-order chi connectivity index (χ1) is 13.6. The molecule has 2 heterocycles. The molecule has 0 bridgehead atoms. The van der Waals surface area contributed by atoms with Gasteiger partial charge in [0.25, 0.3) is 0 Å². The van der Waals surface area contributed by atoms with E-state index >= 15 is 0 Å². The monoisotopic (exact) mass is 382 g/mol. The summed E-state index contributed by atoms with van der Waals surface area (Å²) in [7, 11) is 1.74. The normalized spacial score (nSPS) is 17.2. The maximum Gasteiger partial charge on any atom is 0.328 e. The van der Waals surface area contributed by atoms with Crippen molar-refractivity contribution in [1.29, 1.82) is 0 Å². The number of para-hydroxylation sites is 2. The van der Waals surface area contributed by atoms with Gasteiger partial charge in [0.2, 0.25) is 5.91 Å². The largest absolute Gasteiger partial charge is 0.333 e. The number of piperazine rings is 1. The molecule has 1 aliphatic rings. The maximum atomic E-state index is 13.7. The third kappa shape index (κ3) is 3.33. The van der Waals surface area contributed by atoms with Gasteiger partial charge in [-0.3, -0.25) is 13.9 Å². The third-order valence-corrected chi connectivity index (χ3v) is 5.40. The fraction of sp³-hybridized carbons (Fsp3) is 0.333. The Morgan fingerprint density at radius 3 is 2.75 bits per heavy atom. The van der Waals surface area contributed by atoms with E-state index in [0.717, 1.165) is 16.6 Å². The number of nitrogens with zero attached hydrogens (tertiary/aromatic N) is 3. The second kappa shape index (κ2) is 7.59. The topological polar surface area (TPSA) is 59.3 Å². The Kier molecular flexibility index (Phi) is 5.00. The van der Waals surface area contributed by atoms with Gasteiger partial charge < -0.3 is 10.2 Å². The van der Waals surface area contributed by atoms with Crippen molar-refractivity contribution in [2.24, 2.45) is 7.05 Å². The van der Waals surface area contributed by atoms with E-state index in [1.165, 1.54) is 12.1 Å². The van der Waals surface area contributed by atoms with E-state index in [1.807, 2.05) is 30.3 Å². The average molecular weight is 382 g/mol. The van der Waals surface area contributed by atoms with E-state index in [1.54, 1.807) is 27.1 Å². The second-order valence-electron chi connectivity index (χ2n) is 7.09. The van der Waals surface area contributed by atoms with E-state index in [4.69, 9.17) is 0 Å². The Bertz CT molecular complexity index is 1070. The standard InChI is InChI=1S/C21H23FN4O2/c1-24-17-7-2-3-8-18(17)26(21(24)28)11-9-20(27)25-12-10-23-14-19(25)15-5-4-6-16(22)13-15/h2-8,13,19,23H,9-12,14H2,1H3. The van der Waals surface area contributed by atoms with Crippen LogP contribution in [0.3, 0.4) is 0 Å². The Balaban J connectivity index is 1.55. The van der Waals surface area contributed by atoms with Crippen molar-refractivity contribution in [2.45, 2.75) is 19.0 Å². The van der Waals surface area contributed by atoms with Gasteiger partial charge in [0.1, 0.15) is 5.82 Å². The summed E-state index contributed by atoms with van der Waals surface area (Å²) in [6.45, 7) is 2.17. The summed E-state index contributed by atoms with van der Waals surface area (Å²) in [6.07, 6.45) is 0.222. The number of fused-ring (bicyclic) bond motifs is 1. The molecule has 28 heavy (non-hydrogen) atoms. The van der Waals surface area contributed by atoms with Crippen LogP contribution in [-0.2, 0) is 18.4 Å². The van der Waals surface area contributed by atoms with Crippen molar-refractivity contribution in [1.82, 2.24) is 19.4 Å². The van der Waals surface area contributed by atoms with E-state index in [2.05, 4.69) is 5.32 Å². The molecule has 0 aliphatic carbocycles. The number of benzene rings is 2. The van der Waals surface area contributed by atoms with Crippen LogP contribution in [-0.4, -0.2) is 39.6 Å². The Morgan fingerprint density at radius 2 is 1.96 bits per heavy atom. The second-order valence-corrected chi connectivity index (χ2v) is 7.09. The van der Waals surface area contributed by atoms with Crippen LogP contribution in [0.5, 0.6) is 0 Å². The zero-order valence-corrected chi connectivity index (χ0v) is 15.8. The molecule has 1 N–H and O–H groups in total. The van der Waals surface area contributed by atoms with Crippen molar-refractivity contribution in [3.63, 3.8) is 0 Å². The highest BCUT2D eigenvalue weighted by molar-refractivity contribution is 5.78. The summed E-state index contributed by atoms with van der Waals surface area (Å²) in [5.74, 6) is -0.339. The van der Waals surface area contributed by atoms with Crippen LogP contribution in [0.25, 0.3) is 11.0 Å². The number of aromatic nitrogens is 2. The minimum atomic E-state index is -0.308. The summed E-state index contributed by atoms with van der Waals surface area (Å²) in [4.78, 5) is 27.3. The number of carbonyl (C=O) groups excluding carboxylic acids is 1. The van der Waals surface area contributed by atoms with E-state index in [-0.39, 0.29) is 29.9 Å². The Morgan fingerprint density at radius 1 is 1.18 bits per heavy atom. The average Bonchev–Trinajstić information content (AvgIpc) is 2.96. The molecule has 0 saturated carbocycles. The summed E-state index contributed by atoms with van der Waals surface area (Å²) in [6, 6.07) is 13.7. The lowest BCUT2D eigenvalue weighted by atomic mass is 10.0. The smallest absolute Gasteiger partial charge is 0.328 e.